The molecule has 8 nitrogen and oxygen atoms in total. The van der Waals surface area contributed by atoms with Gasteiger partial charge in [-0.05, 0) is 31.4 Å². The Kier molecular flexibility index (Phi) is 6.85. The number of carboxylic acids is 1. The number of anilines is 1. The third-order valence-corrected chi connectivity index (χ3v) is 5.46. The SMILES string of the molecule is O=C(O)CCCCCCCNc1cccc2c1CN(C1CCC(=O)NC1=O)C2=O. The second-order valence-electron chi connectivity index (χ2n) is 7.57. The van der Waals surface area contributed by atoms with Gasteiger partial charge < -0.3 is 15.3 Å². The number of hydrogen-bond donors (Lipinski definition) is 3. The number of piperidine rings is 1. The molecule has 0 aromatic heterocycles. The predicted molar refractivity (Wildman–Crippen MR) is 106 cm³/mol. The van der Waals surface area contributed by atoms with Crippen LogP contribution in [0.3, 0.4) is 0 Å². The number of carboxylic acid groups (broad SMARTS) is 1. The van der Waals surface area contributed by atoms with Crippen LogP contribution < -0.4 is 10.6 Å². The maximum atomic E-state index is 12.8. The van der Waals surface area contributed by atoms with E-state index in [4.69, 9.17) is 5.11 Å². The van der Waals surface area contributed by atoms with Crippen molar-refractivity contribution < 1.29 is 24.3 Å². The van der Waals surface area contributed by atoms with E-state index in [9.17, 15) is 19.2 Å². The highest BCUT2D eigenvalue weighted by Gasteiger charge is 2.39. The maximum absolute atomic E-state index is 12.8. The monoisotopic (exact) mass is 401 g/mol. The molecule has 1 atom stereocenters. The van der Waals surface area contributed by atoms with Gasteiger partial charge in [-0.25, -0.2) is 0 Å². The minimum absolute atomic E-state index is 0.170. The Morgan fingerprint density at radius 1 is 1.14 bits per heavy atom. The summed E-state index contributed by atoms with van der Waals surface area (Å²) in [7, 11) is 0. The first-order valence-electron chi connectivity index (χ1n) is 10.2. The summed E-state index contributed by atoms with van der Waals surface area (Å²) in [6.07, 6.45) is 5.44. The molecule has 1 aromatic rings. The summed E-state index contributed by atoms with van der Waals surface area (Å²) in [6, 6.07) is 4.94. The van der Waals surface area contributed by atoms with Gasteiger partial charge in [-0.1, -0.05) is 25.3 Å². The van der Waals surface area contributed by atoms with Gasteiger partial charge in [0.1, 0.15) is 6.04 Å². The summed E-state index contributed by atoms with van der Waals surface area (Å²) in [4.78, 5) is 48.4. The van der Waals surface area contributed by atoms with Crippen LogP contribution in [0.2, 0.25) is 0 Å². The first kappa shape index (κ1) is 20.8. The molecule has 3 N–H and O–H groups in total. The van der Waals surface area contributed by atoms with Crippen molar-refractivity contribution in [2.75, 3.05) is 11.9 Å². The van der Waals surface area contributed by atoms with Gasteiger partial charge in [0.05, 0.1) is 0 Å². The van der Waals surface area contributed by atoms with Crippen molar-refractivity contribution in [3.8, 4) is 0 Å². The number of carbonyl (C=O) groups is 4. The molecule has 0 aliphatic carbocycles. The summed E-state index contributed by atoms with van der Waals surface area (Å²) in [5.74, 6) is -1.61. The number of amides is 3. The van der Waals surface area contributed by atoms with E-state index in [1.807, 2.05) is 12.1 Å². The van der Waals surface area contributed by atoms with E-state index in [1.165, 1.54) is 0 Å². The predicted octanol–water partition coefficient (Wildman–Crippen LogP) is 2.28. The van der Waals surface area contributed by atoms with E-state index >= 15 is 0 Å². The Labute approximate surface area is 169 Å². The lowest BCUT2D eigenvalue weighted by Gasteiger charge is -2.29. The third kappa shape index (κ3) is 5.13. The lowest BCUT2D eigenvalue weighted by molar-refractivity contribution is -0.138. The van der Waals surface area contributed by atoms with Gasteiger partial charge in [-0.2, -0.15) is 0 Å². The second kappa shape index (κ2) is 9.54. The van der Waals surface area contributed by atoms with Crippen LogP contribution >= 0.6 is 0 Å². The molecular formula is C21H27N3O5. The van der Waals surface area contributed by atoms with Crippen LogP contribution in [0.15, 0.2) is 18.2 Å². The molecule has 2 aliphatic rings. The zero-order chi connectivity index (χ0) is 20.8. The minimum atomic E-state index is -0.745. The summed E-state index contributed by atoms with van der Waals surface area (Å²) in [5, 5.41) is 14.3. The summed E-state index contributed by atoms with van der Waals surface area (Å²) >= 11 is 0. The summed E-state index contributed by atoms with van der Waals surface area (Å²) in [6.45, 7) is 1.13. The summed E-state index contributed by atoms with van der Waals surface area (Å²) in [5.41, 5.74) is 2.40. The van der Waals surface area contributed by atoms with Gasteiger partial charge in [0.15, 0.2) is 0 Å². The number of nitrogens with zero attached hydrogens (tertiary/aromatic N) is 1. The number of fused-ring (bicyclic) bond motifs is 1. The maximum Gasteiger partial charge on any atom is 0.303 e. The molecule has 1 aromatic carbocycles. The van der Waals surface area contributed by atoms with Crippen molar-refractivity contribution in [3.05, 3.63) is 29.3 Å². The number of unbranched alkanes of at least 4 members (excludes halogenated alkanes) is 4. The van der Waals surface area contributed by atoms with E-state index in [-0.39, 0.29) is 24.7 Å². The van der Waals surface area contributed by atoms with Gasteiger partial charge in [0.25, 0.3) is 5.91 Å². The molecule has 3 rings (SSSR count). The molecule has 29 heavy (non-hydrogen) atoms. The van der Waals surface area contributed by atoms with E-state index in [0.29, 0.717) is 24.9 Å². The van der Waals surface area contributed by atoms with Crippen LogP contribution in [0.1, 0.15) is 67.3 Å². The topological polar surface area (TPSA) is 116 Å². The number of benzene rings is 1. The number of rotatable bonds is 10. The minimum Gasteiger partial charge on any atom is -0.481 e. The van der Waals surface area contributed by atoms with Crippen molar-refractivity contribution in [2.24, 2.45) is 0 Å². The van der Waals surface area contributed by atoms with E-state index in [2.05, 4.69) is 10.6 Å². The van der Waals surface area contributed by atoms with Crippen molar-refractivity contribution in [2.45, 2.75) is 64.0 Å². The molecule has 2 heterocycles. The summed E-state index contributed by atoms with van der Waals surface area (Å²) < 4.78 is 0. The zero-order valence-electron chi connectivity index (χ0n) is 16.4. The van der Waals surface area contributed by atoms with Crippen LogP contribution in [0.5, 0.6) is 0 Å². The van der Waals surface area contributed by atoms with Crippen molar-refractivity contribution in [1.82, 2.24) is 10.2 Å². The lowest BCUT2D eigenvalue weighted by atomic mass is 10.0. The third-order valence-electron chi connectivity index (χ3n) is 5.46. The van der Waals surface area contributed by atoms with E-state index < -0.39 is 17.9 Å². The van der Waals surface area contributed by atoms with Crippen molar-refractivity contribution >= 4 is 29.4 Å². The highest BCUT2D eigenvalue weighted by molar-refractivity contribution is 6.06. The molecular weight excluding hydrogens is 374 g/mol. The molecule has 0 bridgehead atoms. The van der Waals surface area contributed by atoms with Crippen LogP contribution in [0.4, 0.5) is 5.69 Å². The van der Waals surface area contributed by atoms with Crippen LogP contribution in [-0.2, 0) is 20.9 Å². The molecule has 1 saturated heterocycles. The highest BCUT2D eigenvalue weighted by Crippen LogP contribution is 2.32. The normalized spacial score (nSPS) is 18.6. The van der Waals surface area contributed by atoms with Crippen LogP contribution in [0, 0.1) is 0 Å². The molecule has 0 saturated carbocycles. The Morgan fingerprint density at radius 3 is 2.66 bits per heavy atom. The number of nitrogens with one attached hydrogen (secondary N) is 2. The Hall–Kier alpha value is -2.90. The highest BCUT2D eigenvalue weighted by atomic mass is 16.4. The number of hydrogen-bond acceptors (Lipinski definition) is 5. The van der Waals surface area contributed by atoms with Crippen LogP contribution in [0.25, 0.3) is 0 Å². The second-order valence-corrected chi connectivity index (χ2v) is 7.57. The Balaban J connectivity index is 1.51. The number of aliphatic carboxylic acids is 1. The first-order valence-corrected chi connectivity index (χ1v) is 10.2. The number of carbonyl (C=O) groups excluding carboxylic acids is 3. The average Bonchev–Trinajstić information content (AvgIpc) is 3.01. The quantitative estimate of drug-likeness (QED) is 0.409. The molecule has 2 aliphatic heterocycles. The Morgan fingerprint density at radius 2 is 1.90 bits per heavy atom. The fraction of sp³-hybridized carbons (Fsp3) is 0.524. The van der Waals surface area contributed by atoms with Gasteiger partial charge in [0.2, 0.25) is 11.8 Å². The van der Waals surface area contributed by atoms with E-state index in [0.717, 1.165) is 43.5 Å². The molecule has 1 fully saturated rings. The molecule has 156 valence electrons. The van der Waals surface area contributed by atoms with Crippen molar-refractivity contribution in [1.29, 1.82) is 0 Å². The van der Waals surface area contributed by atoms with E-state index in [1.54, 1.807) is 11.0 Å². The first-order chi connectivity index (χ1) is 14.0. The van der Waals surface area contributed by atoms with Gasteiger partial charge in [0, 0.05) is 42.7 Å². The average molecular weight is 401 g/mol. The zero-order valence-corrected chi connectivity index (χ0v) is 16.4. The lowest BCUT2D eigenvalue weighted by Crippen LogP contribution is -2.52. The van der Waals surface area contributed by atoms with Crippen molar-refractivity contribution in [3.63, 3.8) is 0 Å². The fourth-order valence-corrected chi connectivity index (χ4v) is 3.91. The van der Waals surface area contributed by atoms with Crippen LogP contribution in [-0.4, -0.2) is 46.3 Å². The largest absolute Gasteiger partial charge is 0.481 e. The molecule has 1 unspecified atom stereocenters. The molecule has 0 radical (unpaired) electrons. The number of imide groups is 1. The van der Waals surface area contributed by atoms with Gasteiger partial charge in [-0.3, -0.25) is 24.5 Å². The van der Waals surface area contributed by atoms with Gasteiger partial charge >= 0.3 is 5.97 Å². The standard InChI is InChI=1S/C21H27N3O5/c25-18-11-10-17(20(28)23-18)24-13-15-14(21(24)29)7-6-8-16(15)22-12-5-3-1-2-4-9-19(26)27/h6-8,17,22H,1-5,9-13H2,(H,26,27)(H,23,25,28). The molecule has 3 amide bonds. The molecule has 0 spiro atoms. The fourth-order valence-electron chi connectivity index (χ4n) is 3.91. The Bertz CT molecular complexity index is 808. The smallest absolute Gasteiger partial charge is 0.303 e. The van der Waals surface area contributed by atoms with Gasteiger partial charge in [-0.15, -0.1) is 0 Å². The molecule has 8 heteroatoms.